The first kappa shape index (κ1) is 12.9. The maximum atomic E-state index is 6.23. The number of hydrogen-bond donors (Lipinski definition) is 1. The second-order valence-corrected chi connectivity index (χ2v) is 6.49. The number of aryl methyl sites for hydroxylation is 1. The summed E-state index contributed by atoms with van der Waals surface area (Å²) in [6.45, 7) is 7.67. The van der Waals surface area contributed by atoms with Gasteiger partial charge >= 0.3 is 0 Å². The molecule has 2 heteroatoms. The molecule has 1 nitrogen and oxygen atoms in total. The summed E-state index contributed by atoms with van der Waals surface area (Å²) in [7, 11) is 0. The van der Waals surface area contributed by atoms with Crippen molar-refractivity contribution in [1.82, 2.24) is 5.32 Å². The van der Waals surface area contributed by atoms with Gasteiger partial charge < -0.3 is 5.32 Å². The zero-order chi connectivity index (χ0) is 12.5. The molecule has 1 aliphatic rings. The maximum Gasteiger partial charge on any atom is 0.0453 e. The van der Waals surface area contributed by atoms with Crippen LogP contribution in [0.25, 0.3) is 0 Å². The van der Waals surface area contributed by atoms with Gasteiger partial charge in [-0.15, -0.1) is 0 Å². The van der Waals surface area contributed by atoms with E-state index >= 15 is 0 Å². The molecule has 0 aromatic heterocycles. The summed E-state index contributed by atoms with van der Waals surface area (Å²) in [6, 6.07) is 6.95. The van der Waals surface area contributed by atoms with Gasteiger partial charge in [0, 0.05) is 17.6 Å². The highest BCUT2D eigenvalue weighted by atomic mass is 35.5. The Balaban J connectivity index is 1.90. The molecule has 0 amide bonds. The van der Waals surface area contributed by atoms with E-state index in [-0.39, 0.29) is 0 Å². The van der Waals surface area contributed by atoms with Crippen molar-refractivity contribution in [3.05, 3.63) is 34.3 Å². The van der Waals surface area contributed by atoms with Gasteiger partial charge in [0.2, 0.25) is 0 Å². The van der Waals surface area contributed by atoms with E-state index < -0.39 is 0 Å². The SMILES string of the molecule is Cc1ccc(CNC2CCC(C)(C)C2)c(Cl)c1. The fourth-order valence-corrected chi connectivity index (χ4v) is 2.96. The molecule has 1 saturated carbocycles. The van der Waals surface area contributed by atoms with Crippen molar-refractivity contribution in [2.24, 2.45) is 5.41 Å². The highest BCUT2D eigenvalue weighted by molar-refractivity contribution is 6.31. The molecule has 0 spiro atoms. The Hall–Kier alpha value is -0.530. The van der Waals surface area contributed by atoms with Gasteiger partial charge in [0.25, 0.3) is 0 Å². The molecule has 0 saturated heterocycles. The van der Waals surface area contributed by atoms with Gasteiger partial charge in [-0.3, -0.25) is 0 Å². The lowest BCUT2D eigenvalue weighted by Gasteiger charge is -2.18. The third-order valence-electron chi connectivity index (χ3n) is 3.76. The number of nitrogens with one attached hydrogen (secondary N) is 1. The Kier molecular flexibility index (Phi) is 3.79. The van der Waals surface area contributed by atoms with Crippen LogP contribution in [0.15, 0.2) is 18.2 Å². The van der Waals surface area contributed by atoms with Gasteiger partial charge in [-0.25, -0.2) is 0 Å². The molecule has 0 aliphatic heterocycles. The standard InChI is InChI=1S/C15H22ClN/c1-11-4-5-12(14(16)8-11)10-17-13-6-7-15(2,3)9-13/h4-5,8,13,17H,6-7,9-10H2,1-3H3. The third kappa shape index (κ3) is 3.46. The van der Waals surface area contributed by atoms with E-state index in [1.54, 1.807) is 0 Å². The molecular formula is C15H22ClN. The van der Waals surface area contributed by atoms with Crippen LogP contribution in [0.1, 0.15) is 44.2 Å². The highest BCUT2D eigenvalue weighted by Gasteiger charge is 2.30. The first-order valence-corrected chi connectivity index (χ1v) is 6.82. The first-order valence-electron chi connectivity index (χ1n) is 6.45. The smallest absolute Gasteiger partial charge is 0.0453 e. The van der Waals surface area contributed by atoms with Crippen LogP contribution < -0.4 is 5.32 Å². The largest absolute Gasteiger partial charge is 0.310 e. The van der Waals surface area contributed by atoms with Gasteiger partial charge in [-0.2, -0.15) is 0 Å². The topological polar surface area (TPSA) is 12.0 Å². The minimum Gasteiger partial charge on any atom is -0.310 e. The number of benzene rings is 1. The molecule has 1 aromatic carbocycles. The maximum absolute atomic E-state index is 6.23. The van der Waals surface area contributed by atoms with Crippen LogP contribution in [0.2, 0.25) is 5.02 Å². The van der Waals surface area contributed by atoms with Crippen molar-refractivity contribution >= 4 is 11.6 Å². The lowest BCUT2D eigenvalue weighted by molar-refractivity contribution is 0.364. The molecule has 0 heterocycles. The molecule has 2 rings (SSSR count). The Morgan fingerprint density at radius 2 is 2.18 bits per heavy atom. The fraction of sp³-hybridized carbons (Fsp3) is 0.600. The van der Waals surface area contributed by atoms with Gasteiger partial charge in [-0.1, -0.05) is 37.6 Å². The van der Waals surface area contributed by atoms with E-state index in [0.29, 0.717) is 11.5 Å². The molecule has 1 atom stereocenters. The summed E-state index contributed by atoms with van der Waals surface area (Å²) in [5, 5.41) is 4.51. The summed E-state index contributed by atoms with van der Waals surface area (Å²) in [6.07, 6.45) is 3.89. The van der Waals surface area contributed by atoms with Crippen LogP contribution in [-0.4, -0.2) is 6.04 Å². The molecule has 1 unspecified atom stereocenters. The van der Waals surface area contributed by atoms with E-state index in [0.717, 1.165) is 11.6 Å². The minimum atomic E-state index is 0.509. The lowest BCUT2D eigenvalue weighted by atomic mass is 9.92. The highest BCUT2D eigenvalue weighted by Crippen LogP contribution is 2.37. The zero-order valence-corrected chi connectivity index (χ0v) is 11.8. The normalized spacial score (nSPS) is 22.9. The summed E-state index contributed by atoms with van der Waals surface area (Å²) in [4.78, 5) is 0. The first-order chi connectivity index (χ1) is 7.96. The van der Waals surface area contributed by atoms with Crippen LogP contribution in [0, 0.1) is 12.3 Å². The molecular weight excluding hydrogens is 230 g/mol. The summed E-state index contributed by atoms with van der Waals surface area (Å²) < 4.78 is 0. The Labute approximate surface area is 110 Å². The average Bonchev–Trinajstić information content (AvgIpc) is 2.57. The van der Waals surface area contributed by atoms with Crippen LogP contribution >= 0.6 is 11.6 Å². The number of rotatable bonds is 3. The Morgan fingerprint density at radius 1 is 1.41 bits per heavy atom. The monoisotopic (exact) mass is 251 g/mol. The van der Waals surface area contributed by atoms with E-state index in [4.69, 9.17) is 11.6 Å². The quantitative estimate of drug-likeness (QED) is 0.844. The van der Waals surface area contributed by atoms with Crippen molar-refractivity contribution in [1.29, 1.82) is 0 Å². The Morgan fingerprint density at radius 3 is 2.76 bits per heavy atom. The average molecular weight is 252 g/mol. The molecule has 1 N–H and O–H groups in total. The fourth-order valence-electron chi connectivity index (χ4n) is 2.66. The van der Waals surface area contributed by atoms with Gasteiger partial charge in [0.1, 0.15) is 0 Å². The van der Waals surface area contributed by atoms with Crippen molar-refractivity contribution in [2.45, 2.75) is 52.6 Å². The number of hydrogen-bond acceptors (Lipinski definition) is 1. The zero-order valence-electron chi connectivity index (χ0n) is 11.0. The van der Waals surface area contributed by atoms with Gasteiger partial charge in [-0.05, 0) is 48.8 Å². The van der Waals surface area contributed by atoms with Crippen molar-refractivity contribution in [3.8, 4) is 0 Å². The molecule has 94 valence electrons. The van der Waals surface area contributed by atoms with E-state index in [1.165, 1.54) is 30.4 Å². The molecule has 17 heavy (non-hydrogen) atoms. The van der Waals surface area contributed by atoms with Crippen LogP contribution in [0.3, 0.4) is 0 Å². The second-order valence-electron chi connectivity index (χ2n) is 6.08. The molecule has 1 fully saturated rings. The lowest BCUT2D eigenvalue weighted by Crippen LogP contribution is -2.26. The minimum absolute atomic E-state index is 0.509. The van der Waals surface area contributed by atoms with Gasteiger partial charge in [0.15, 0.2) is 0 Å². The predicted octanol–water partition coefficient (Wildman–Crippen LogP) is 4.32. The van der Waals surface area contributed by atoms with E-state index in [2.05, 4.69) is 38.2 Å². The van der Waals surface area contributed by atoms with Crippen molar-refractivity contribution in [2.75, 3.05) is 0 Å². The molecule has 0 radical (unpaired) electrons. The molecule has 0 bridgehead atoms. The summed E-state index contributed by atoms with van der Waals surface area (Å²) >= 11 is 6.23. The van der Waals surface area contributed by atoms with Crippen LogP contribution in [0.4, 0.5) is 0 Å². The predicted molar refractivity (Wildman–Crippen MR) is 74.4 cm³/mol. The van der Waals surface area contributed by atoms with Crippen LogP contribution in [0.5, 0.6) is 0 Å². The summed E-state index contributed by atoms with van der Waals surface area (Å²) in [5.74, 6) is 0. The van der Waals surface area contributed by atoms with Crippen molar-refractivity contribution < 1.29 is 0 Å². The number of halogens is 1. The third-order valence-corrected chi connectivity index (χ3v) is 4.11. The van der Waals surface area contributed by atoms with Gasteiger partial charge in [0.05, 0.1) is 0 Å². The second kappa shape index (κ2) is 4.99. The van der Waals surface area contributed by atoms with Crippen molar-refractivity contribution in [3.63, 3.8) is 0 Å². The molecule has 1 aliphatic carbocycles. The van der Waals surface area contributed by atoms with E-state index in [1.807, 2.05) is 6.07 Å². The Bertz CT molecular complexity index is 398. The summed E-state index contributed by atoms with van der Waals surface area (Å²) in [5.41, 5.74) is 2.94. The van der Waals surface area contributed by atoms with Crippen LogP contribution in [-0.2, 0) is 6.54 Å². The van der Waals surface area contributed by atoms with E-state index in [9.17, 15) is 0 Å². The molecule has 1 aromatic rings.